The maximum atomic E-state index is 13.7. The first kappa shape index (κ1) is 19.9. The molecule has 3 rings (SSSR count). The molecule has 0 bridgehead atoms. The van der Waals surface area contributed by atoms with E-state index in [0.29, 0.717) is 23.4 Å². The second kappa shape index (κ2) is 8.88. The van der Waals surface area contributed by atoms with Crippen molar-refractivity contribution in [3.63, 3.8) is 0 Å². The first-order chi connectivity index (χ1) is 13.4. The molecule has 0 aliphatic carbocycles. The number of halogens is 1. The smallest absolute Gasteiger partial charge is 0.338 e. The molecule has 0 aromatic heterocycles. The zero-order valence-corrected chi connectivity index (χ0v) is 16.1. The Morgan fingerprint density at radius 2 is 2.04 bits per heavy atom. The van der Waals surface area contributed by atoms with Crippen molar-refractivity contribution in [3.05, 3.63) is 59.4 Å². The van der Waals surface area contributed by atoms with Gasteiger partial charge in [-0.15, -0.1) is 11.8 Å². The van der Waals surface area contributed by atoms with Gasteiger partial charge in [-0.05, 0) is 24.3 Å². The molecule has 2 aromatic rings. The van der Waals surface area contributed by atoms with Crippen LogP contribution in [-0.4, -0.2) is 42.1 Å². The predicted molar refractivity (Wildman–Crippen MR) is 104 cm³/mol. The lowest BCUT2D eigenvalue weighted by atomic mass is 10.2. The van der Waals surface area contributed by atoms with Crippen LogP contribution in [0.4, 0.5) is 10.1 Å². The van der Waals surface area contributed by atoms with Crippen LogP contribution in [0.5, 0.6) is 0 Å². The third kappa shape index (κ3) is 4.89. The molecule has 0 unspecified atom stereocenters. The van der Waals surface area contributed by atoms with Crippen molar-refractivity contribution in [3.8, 4) is 0 Å². The summed E-state index contributed by atoms with van der Waals surface area (Å²) in [6, 6.07) is 11.1. The van der Waals surface area contributed by atoms with Gasteiger partial charge in [0, 0.05) is 36.2 Å². The third-order valence-electron chi connectivity index (χ3n) is 4.19. The normalized spacial score (nSPS) is 13.1. The Balaban J connectivity index is 1.58. The highest BCUT2D eigenvalue weighted by Gasteiger charge is 2.18. The van der Waals surface area contributed by atoms with Gasteiger partial charge < -0.3 is 15.0 Å². The summed E-state index contributed by atoms with van der Waals surface area (Å²) in [7, 11) is 1.51. The Labute approximate surface area is 166 Å². The van der Waals surface area contributed by atoms with Gasteiger partial charge >= 0.3 is 5.97 Å². The van der Waals surface area contributed by atoms with Crippen molar-refractivity contribution in [1.29, 1.82) is 0 Å². The average Bonchev–Trinajstić information content (AvgIpc) is 2.87. The molecule has 0 radical (unpaired) electrons. The number of fused-ring (bicyclic) bond motifs is 1. The number of esters is 1. The van der Waals surface area contributed by atoms with E-state index in [-0.39, 0.29) is 18.0 Å². The van der Waals surface area contributed by atoms with E-state index in [2.05, 4.69) is 5.32 Å². The monoisotopic (exact) mass is 402 g/mol. The standard InChI is InChI=1S/C20H19FN2O4S/c1-23(11-14-4-2-3-5-15(14)21)19(25)12-27-20(26)13-6-7-17-16(10-13)22-18(24)8-9-28-17/h2-7,10H,8-9,11-12H2,1H3,(H,22,24). The molecule has 146 valence electrons. The van der Waals surface area contributed by atoms with Crippen LogP contribution in [0.25, 0.3) is 0 Å². The zero-order chi connectivity index (χ0) is 20.1. The SMILES string of the molecule is CN(Cc1ccccc1F)C(=O)COC(=O)c1ccc2c(c1)NC(=O)CCS2. The summed E-state index contributed by atoms with van der Waals surface area (Å²) < 4.78 is 18.8. The number of likely N-dealkylation sites (N-methyl/N-ethyl adjacent to an activating group) is 1. The highest BCUT2D eigenvalue weighted by atomic mass is 32.2. The van der Waals surface area contributed by atoms with E-state index < -0.39 is 24.3 Å². The van der Waals surface area contributed by atoms with Gasteiger partial charge in [-0.25, -0.2) is 9.18 Å². The van der Waals surface area contributed by atoms with Crippen LogP contribution >= 0.6 is 11.8 Å². The summed E-state index contributed by atoms with van der Waals surface area (Å²) >= 11 is 1.53. The van der Waals surface area contributed by atoms with Gasteiger partial charge in [-0.1, -0.05) is 18.2 Å². The number of benzene rings is 2. The van der Waals surface area contributed by atoms with Crippen LogP contribution in [-0.2, 0) is 20.9 Å². The van der Waals surface area contributed by atoms with Gasteiger partial charge in [0.2, 0.25) is 5.91 Å². The molecule has 1 aliphatic heterocycles. The number of amides is 2. The number of hydrogen-bond acceptors (Lipinski definition) is 5. The van der Waals surface area contributed by atoms with Gasteiger partial charge in [0.1, 0.15) is 5.82 Å². The van der Waals surface area contributed by atoms with Gasteiger partial charge in [0.05, 0.1) is 11.3 Å². The van der Waals surface area contributed by atoms with Crippen molar-refractivity contribution >= 4 is 35.2 Å². The number of carbonyl (C=O) groups excluding carboxylic acids is 3. The second-order valence-electron chi connectivity index (χ2n) is 6.27. The Morgan fingerprint density at radius 3 is 2.82 bits per heavy atom. The molecule has 28 heavy (non-hydrogen) atoms. The van der Waals surface area contributed by atoms with Crippen molar-refractivity contribution in [1.82, 2.24) is 4.90 Å². The number of thioether (sulfide) groups is 1. The molecule has 0 saturated heterocycles. The van der Waals surface area contributed by atoms with Gasteiger partial charge in [-0.3, -0.25) is 9.59 Å². The van der Waals surface area contributed by atoms with E-state index in [1.165, 1.54) is 29.8 Å². The summed E-state index contributed by atoms with van der Waals surface area (Å²) in [5.41, 5.74) is 1.18. The molecular weight excluding hydrogens is 383 g/mol. The molecule has 2 amide bonds. The van der Waals surface area contributed by atoms with Crippen molar-refractivity contribution in [2.45, 2.75) is 17.9 Å². The highest BCUT2D eigenvalue weighted by Crippen LogP contribution is 2.31. The summed E-state index contributed by atoms with van der Waals surface area (Å²) in [4.78, 5) is 38.3. The molecule has 0 spiro atoms. The van der Waals surface area contributed by atoms with E-state index in [9.17, 15) is 18.8 Å². The van der Waals surface area contributed by atoms with E-state index in [1.54, 1.807) is 36.4 Å². The Kier molecular flexibility index (Phi) is 6.30. The Hall–Kier alpha value is -2.87. The summed E-state index contributed by atoms with van der Waals surface area (Å²) in [5, 5.41) is 2.76. The van der Waals surface area contributed by atoms with E-state index in [1.807, 2.05) is 0 Å². The number of nitrogens with zero attached hydrogens (tertiary/aromatic N) is 1. The van der Waals surface area contributed by atoms with Crippen LogP contribution in [0, 0.1) is 5.82 Å². The fraction of sp³-hybridized carbons (Fsp3) is 0.250. The minimum Gasteiger partial charge on any atom is -0.452 e. The molecule has 0 fully saturated rings. The predicted octanol–water partition coefficient (Wildman–Crippen LogP) is 3.08. The largest absolute Gasteiger partial charge is 0.452 e. The molecule has 0 atom stereocenters. The van der Waals surface area contributed by atoms with Crippen LogP contribution in [0.2, 0.25) is 0 Å². The summed E-state index contributed by atoms with van der Waals surface area (Å²) in [6.07, 6.45) is 0.405. The van der Waals surface area contributed by atoms with Crippen LogP contribution < -0.4 is 5.32 Å². The lowest BCUT2D eigenvalue weighted by Gasteiger charge is -2.17. The summed E-state index contributed by atoms with van der Waals surface area (Å²) in [5.74, 6) is -0.953. The van der Waals surface area contributed by atoms with E-state index >= 15 is 0 Å². The molecular formula is C20H19FN2O4S. The fourth-order valence-corrected chi connectivity index (χ4v) is 3.58. The topological polar surface area (TPSA) is 75.7 Å². The first-order valence-electron chi connectivity index (χ1n) is 8.65. The lowest BCUT2D eigenvalue weighted by Crippen LogP contribution is -2.31. The van der Waals surface area contributed by atoms with Crippen LogP contribution in [0.15, 0.2) is 47.4 Å². The Morgan fingerprint density at radius 1 is 1.25 bits per heavy atom. The number of carbonyl (C=O) groups is 3. The molecule has 0 saturated carbocycles. The first-order valence-corrected chi connectivity index (χ1v) is 9.64. The Bertz CT molecular complexity index is 919. The van der Waals surface area contributed by atoms with Crippen molar-refractivity contribution in [2.75, 3.05) is 24.7 Å². The summed E-state index contributed by atoms with van der Waals surface area (Å²) in [6.45, 7) is -0.382. The fourth-order valence-electron chi connectivity index (χ4n) is 2.64. The minimum atomic E-state index is -0.668. The molecule has 1 N–H and O–H groups in total. The molecule has 6 nitrogen and oxygen atoms in total. The van der Waals surface area contributed by atoms with Crippen LogP contribution in [0.1, 0.15) is 22.3 Å². The van der Waals surface area contributed by atoms with Gasteiger partial charge in [0.25, 0.3) is 5.91 Å². The van der Waals surface area contributed by atoms with Crippen molar-refractivity contribution < 1.29 is 23.5 Å². The number of rotatable bonds is 5. The number of anilines is 1. The number of nitrogens with one attached hydrogen (secondary N) is 1. The van der Waals surface area contributed by atoms with Crippen LogP contribution in [0.3, 0.4) is 0 Å². The minimum absolute atomic E-state index is 0.0746. The number of hydrogen-bond donors (Lipinski definition) is 1. The maximum absolute atomic E-state index is 13.7. The average molecular weight is 402 g/mol. The molecule has 8 heteroatoms. The van der Waals surface area contributed by atoms with Gasteiger partial charge in [0.15, 0.2) is 6.61 Å². The molecule has 2 aromatic carbocycles. The zero-order valence-electron chi connectivity index (χ0n) is 15.2. The van der Waals surface area contributed by atoms with Crippen molar-refractivity contribution in [2.24, 2.45) is 0 Å². The third-order valence-corrected chi connectivity index (χ3v) is 5.27. The highest BCUT2D eigenvalue weighted by molar-refractivity contribution is 7.99. The number of ether oxygens (including phenoxy) is 1. The van der Waals surface area contributed by atoms with E-state index in [0.717, 1.165) is 4.90 Å². The lowest BCUT2D eigenvalue weighted by molar-refractivity contribution is -0.133. The second-order valence-corrected chi connectivity index (χ2v) is 7.41. The molecule has 1 aliphatic rings. The maximum Gasteiger partial charge on any atom is 0.338 e. The quantitative estimate of drug-likeness (QED) is 0.778. The molecule has 1 heterocycles. The van der Waals surface area contributed by atoms with E-state index in [4.69, 9.17) is 4.74 Å². The van der Waals surface area contributed by atoms with Gasteiger partial charge in [-0.2, -0.15) is 0 Å².